The van der Waals surface area contributed by atoms with Crippen molar-refractivity contribution in [3.63, 3.8) is 0 Å². The van der Waals surface area contributed by atoms with Crippen LogP contribution in [0, 0.1) is 12.8 Å². The summed E-state index contributed by atoms with van der Waals surface area (Å²) < 4.78 is 27.4. The molecule has 1 unspecified atom stereocenters. The summed E-state index contributed by atoms with van der Waals surface area (Å²) in [4.78, 5) is 0.465. The summed E-state index contributed by atoms with van der Waals surface area (Å²) >= 11 is 0. The maximum atomic E-state index is 12.9. The number of hydrogen-bond donors (Lipinski definition) is 1. The van der Waals surface area contributed by atoms with Crippen molar-refractivity contribution in [2.45, 2.75) is 44.6 Å². The van der Waals surface area contributed by atoms with Gasteiger partial charge in [-0.2, -0.15) is 4.31 Å². The van der Waals surface area contributed by atoms with Crippen LogP contribution in [0.3, 0.4) is 0 Å². The molecule has 4 nitrogen and oxygen atoms in total. The summed E-state index contributed by atoms with van der Waals surface area (Å²) in [6.45, 7) is 6.04. The lowest BCUT2D eigenvalue weighted by molar-refractivity contribution is 0.444. The molecule has 0 aromatic heterocycles. The Hall–Kier alpha value is -0.910. The Labute approximate surface area is 128 Å². The van der Waals surface area contributed by atoms with Gasteiger partial charge in [-0.1, -0.05) is 25.5 Å². The molecule has 1 aromatic carbocycles. The number of rotatable bonds is 6. The quantitative estimate of drug-likeness (QED) is 0.878. The van der Waals surface area contributed by atoms with Crippen LogP contribution in [0.2, 0.25) is 0 Å². The van der Waals surface area contributed by atoms with Gasteiger partial charge >= 0.3 is 0 Å². The van der Waals surface area contributed by atoms with Gasteiger partial charge in [0.2, 0.25) is 10.0 Å². The van der Waals surface area contributed by atoms with E-state index in [-0.39, 0.29) is 0 Å². The van der Waals surface area contributed by atoms with Crippen molar-refractivity contribution in [2.75, 3.05) is 20.1 Å². The second kappa shape index (κ2) is 6.90. The zero-order chi connectivity index (χ0) is 15.5. The molecule has 0 amide bonds. The predicted molar refractivity (Wildman–Crippen MR) is 85.7 cm³/mol. The topological polar surface area (TPSA) is 49.4 Å². The molecule has 0 saturated carbocycles. The summed E-state index contributed by atoms with van der Waals surface area (Å²) in [6.07, 6.45) is 3.22. The number of hydrogen-bond acceptors (Lipinski definition) is 3. The molecule has 1 aliphatic heterocycles. The molecule has 5 heteroatoms. The normalized spacial score (nSPS) is 20.0. The van der Waals surface area contributed by atoms with Crippen LogP contribution in [0.5, 0.6) is 0 Å². The van der Waals surface area contributed by atoms with Gasteiger partial charge in [-0.3, -0.25) is 0 Å². The molecule has 1 atom stereocenters. The lowest BCUT2D eigenvalue weighted by atomic mass is 10.0. The molecule has 1 aromatic rings. The molecule has 1 N–H and O–H groups in total. The molecule has 1 fully saturated rings. The fourth-order valence-electron chi connectivity index (χ4n) is 3.03. The molecule has 2 rings (SSSR count). The minimum absolute atomic E-state index is 0.465. The van der Waals surface area contributed by atoms with E-state index in [0.29, 0.717) is 30.4 Å². The van der Waals surface area contributed by atoms with Crippen LogP contribution in [0.15, 0.2) is 23.1 Å². The first-order valence-corrected chi connectivity index (χ1v) is 9.17. The van der Waals surface area contributed by atoms with Gasteiger partial charge in [0.15, 0.2) is 0 Å². The lowest BCUT2D eigenvalue weighted by Gasteiger charge is -2.19. The molecule has 1 heterocycles. The smallest absolute Gasteiger partial charge is 0.243 e. The van der Waals surface area contributed by atoms with E-state index in [9.17, 15) is 8.42 Å². The SMILES string of the molecule is CCCC1CCN(S(=O)(=O)c2cc(CNC)ccc2C)C1. The van der Waals surface area contributed by atoms with Crippen molar-refractivity contribution in [3.8, 4) is 0 Å². The summed E-state index contributed by atoms with van der Waals surface area (Å²) in [6, 6.07) is 5.70. The first-order valence-electron chi connectivity index (χ1n) is 7.73. The van der Waals surface area contributed by atoms with E-state index in [2.05, 4.69) is 12.2 Å². The largest absolute Gasteiger partial charge is 0.316 e. The van der Waals surface area contributed by atoms with Gasteiger partial charge < -0.3 is 5.32 Å². The summed E-state index contributed by atoms with van der Waals surface area (Å²) in [5.41, 5.74) is 1.83. The molecule has 0 bridgehead atoms. The summed E-state index contributed by atoms with van der Waals surface area (Å²) in [5, 5.41) is 3.07. The molecular formula is C16H26N2O2S. The number of benzene rings is 1. The highest BCUT2D eigenvalue weighted by Gasteiger charge is 2.32. The van der Waals surface area contributed by atoms with E-state index in [0.717, 1.165) is 30.4 Å². The Bertz CT molecular complexity index is 584. The Kier molecular flexibility index (Phi) is 5.41. The Morgan fingerprint density at radius 1 is 1.38 bits per heavy atom. The molecule has 118 valence electrons. The Balaban J connectivity index is 2.25. The third-order valence-electron chi connectivity index (χ3n) is 4.20. The van der Waals surface area contributed by atoms with Gasteiger partial charge in [0.05, 0.1) is 4.90 Å². The van der Waals surface area contributed by atoms with Crippen molar-refractivity contribution in [3.05, 3.63) is 29.3 Å². The second-order valence-corrected chi connectivity index (χ2v) is 7.84. The second-order valence-electron chi connectivity index (χ2n) is 5.94. The molecule has 1 saturated heterocycles. The molecule has 0 radical (unpaired) electrons. The molecular weight excluding hydrogens is 284 g/mol. The minimum atomic E-state index is -3.36. The van der Waals surface area contributed by atoms with E-state index >= 15 is 0 Å². The fraction of sp³-hybridized carbons (Fsp3) is 0.625. The van der Waals surface area contributed by atoms with Crippen LogP contribution in [0.1, 0.15) is 37.3 Å². The average Bonchev–Trinajstić information content (AvgIpc) is 2.91. The first kappa shape index (κ1) is 16.5. The predicted octanol–water partition coefficient (Wildman–Crippen LogP) is 2.53. The highest BCUT2D eigenvalue weighted by Crippen LogP contribution is 2.28. The van der Waals surface area contributed by atoms with Gasteiger partial charge in [-0.05, 0) is 49.9 Å². The number of nitrogens with zero attached hydrogens (tertiary/aromatic N) is 1. The van der Waals surface area contributed by atoms with Gasteiger partial charge in [0.1, 0.15) is 0 Å². The lowest BCUT2D eigenvalue weighted by Crippen LogP contribution is -2.29. The molecule has 21 heavy (non-hydrogen) atoms. The molecule has 0 aliphatic carbocycles. The van der Waals surface area contributed by atoms with Gasteiger partial charge in [-0.15, -0.1) is 0 Å². The van der Waals surface area contributed by atoms with Crippen molar-refractivity contribution < 1.29 is 8.42 Å². The van der Waals surface area contributed by atoms with Crippen molar-refractivity contribution in [2.24, 2.45) is 5.92 Å². The average molecular weight is 310 g/mol. The van der Waals surface area contributed by atoms with Gasteiger partial charge in [-0.25, -0.2) is 8.42 Å². The third kappa shape index (κ3) is 3.65. The van der Waals surface area contributed by atoms with Gasteiger partial charge in [0, 0.05) is 19.6 Å². The molecule has 1 aliphatic rings. The molecule has 0 spiro atoms. The van der Waals surface area contributed by atoms with E-state index < -0.39 is 10.0 Å². The van der Waals surface area contributed by atoms with Crippen LogP contribution in [-0.2, 0) is 16.6 Å². The Morgan fingerprint density at radius 2 is 2.14 bits per heavy atom. The number of nitrogens with one attached hydrogen (secondary N) is 1. The van der Waals surface area contributed by atoms with Crippen LogP contribution in [-0.4, -0.2) is 32.9 Å². The summed E-state index contributed by atoms with van der Waals surface area (Å²) in [7, 11) is -1.49. The highest BCUT2D eigenvalue weighted by molar-refractivity contribution is 7.89. The van der Waals surface area contributed by atoms with E-state index in [1.165, 1.54) is 0 Å². The Morgan fingerprint density at radius 3 is 2.81 bits per heavy atom. The van der Waals surface area contributed by atoms with E-state index in [1.54, 1.807) is 4.31 Å². The zero-order valence-electron chi connectivity index (χ0n) is 13.2. The van der Waals surface area contributed by atoms with E-state index in [4.69, 9.17) is 0 Å². The minimum Gasteiger partial charge on any atom is -0.316 e. The van der Waals surface area contributed by atoms with Crippen LogP contribution >= 0.6 is 0 Å². The number of aryl methyl sites for hydroxylation is 1. The van der Waals surface area contributed by atoms with Crippen LogP contribution in [0.25, 0.3) is 0 Å². The van der Waals surface area contributed by atoms with Crippen LogP contribution in [0.4, 0.5) is 0 Å². The fourth-order valence-corrected chi connectivity index (χ4v) is 4.84. The summed E-state index contributed by atoms with van der Waals surface area (Å²) in [5.74, 6) is 0.519. The van der Waals surface area contributed by atoms with Crippen LogP contribution < -0.4 is 5.32 Å². The number of sulfonamides is 1. The van der Waals surface area contributed by atoms with Gasteiger partial charge in [0.25, 0.3) is 0 Å². The van der Waals surface area contributed by atoms with Crippen molar-refractivity contribution in [1.29, 1.82) is 0 Å². The highest BCUT2D eigenvalue weighted by atomic mass is 32.2. The van der Waals surface area contributed by atoms with Crippen molar-refractivity contribution >= 4 is 10.0 Å². The third-order valence-corrected chi connectivity index (χ3v) is 6.20. The van der Waals surface area contributed by atoms with Crippen molar-refractivity contribution in [1.82, 2.24) is 9.62 Å². The maximum Gasteiger partial charge on any atom is 0.243 e. The maximum absolute atomic E-state index is 12.9. The van der Waals surface area contributed by atoms with E-state index in [1.807, 2.05) is 32.2 Å². The monoisotopic (exact) mass is 310 g/mol. The standard InChI is InChI=1S/C16H26N2O2S/c1-4-5-14-8-9-18(12-14)21(19,20)16-10-15(11-17-3)7-6-13(16)2/h6-7,10,14,17H,4-5,8-9,11-12H2,1-3H3. The zero-order valence-corrected chi connectivity index (χ0v) is 14.0. The first-order chi connectivity index (χ1) is 9.98.